The van der Waals surface area contributed by atoms with Gasteiger partial charge in [0.15, 0.2) is 5.82 Å². The zero-order chi connectivity index (χ0) is 15.6. The maximum atomic E-state index is 12.6. The molecule has 0 atom stereocenters. The number of hydrogen-bond donors (Lipinski definition) is 2. The zero-order valence-electron chi connectivity index (χ0n) is 12.1. The number of fused-ring (bicyclic) bond motifs is 1. The Balaban J connectivity index is 1.97. The predicted octanol–water partition coefficient (Wildman–Crippen LogP) is 2.71. The molecule has 0 spiro atoms. The van der Waals surface area contributed by atoms with Crippen LogP contribution >= 0.6 is 0 Å². The summed E-state index contributed by atoms with van der Waals surface area (Å²) in [6.07, 6.45) is 3.42. The molecular weight excluding hydrogens is 300 g/mol. The number of hydrogen-bond acceptors (Lipinski definition) is 4. The van der Waals surface area contributed by atoms with Crippen molar-refractivity contribution in [2.24, 2.45) is 0 Å². The smallest absolute Gasteiger partial charge is 0.263 e. The van der Waals surface area contributed by atoms with Gasteiger partial charge in [-0.1, -0.05) is 19.4 Å². The van der Waals surface area contributed by atoms with Crippen molar-refractivity contribution in [3.05, 3.63) is 48.3 Å². The monoisotopic (exact) mass is 316 g/mol. The summed E-state index contributed by atoms with van der Waals surface area (Å²) >= 11 is 0. The van der Waals surface area contributed by atoms with E-state index in [2.05, 4.69) is 19.9 Å². The molecule has 22 heavy (non-hydrogen) atoms. The summed E-state index contributed by atoms with van der Waals surface area (Å²) in [7, 11) is -3.71. The van der Waals surface area contributed by atoms with E-state index in [-0.39, 0.29) is 4.90 Å². The summed E-state index contributed by atoms with van der Waals surface area (Å²) in [5, 5.41) is 7.41. The Morgan fingerprint density at radius 2 is 2.09 bits per heavy atom. The molecule has 114 valence electrons. The summed E-state index contributed by atoms with van der Waals surface area (Å²) < 4.78 is 27.7. The van der Waals surface area contributed by atoms with Gasteiger partial charge < -0.3 is 0 Å². The molecule has 7 heteroatoms. The summed E-state index contributed by atoms with van der Waals surface area (Å²) in [4.78, 5) is 4.37. The minimum absolute atomic E-state index is 0.193. The number of H-pyrrole nitrogens is 1. The Morgan fingerprint density at radius 3 is 2.91 bits per heavy atom. The number of aryl methyl sites for hydroxylation is 1. The minimum atomic E-state index is -3.71. The lowest BCUT2D eigenvalue weighted by Gasteiger charge is -2.08. The van der Waals surface area contributed by atoms with Crippen LogP contribution in [0.1, 0.15) is 19.0 Å². The standard InChI is InChI=1S/C15H16N4O2S/c1-2-5-11-10-15(18-17-11)19-22(20,21)14-8-3-7-13-12(14)6-4-9-16-13/h3-4,6-10H,2,5H2,1H3,(H2,17,18,19). The third-order valence-electron chi connectivity index (χ3n) is 3.28. The normalized spacial score (nSPS) is 11.7. The third-order valence-corrected chi connectivity index (χ3v) is 4.70. The Morgan fingerprint density at radius 1 is 1.23 bits per heavy atom. The van der Waals surface area contributed by atoms with E-state index < -0.39 is 10.0 Å². The number of nitrogens with one attached hydrogen (secondary N) is 2. The first kappa shape index (κ1) is 14.5. The molecule has 6 nitrogen and oxygen atoms in total. The second-order valence-corrected chi connectivity index (χ2v) is 6.61. The Hall–Kier alpha value is -2.41. The molecule has 0 aliphatic rings. The molecule has 2 aromatic heterocycles. The van der Waals surface area contributed by atoms with Gasteiger partial charge in [-0.2, -0.15) is 5.10 Å². The average molecular weight is 316 g/mol. The van der Waals surface area contributed by atoms with Gasteiger partial charge in [-0.25, -0.2) is 8.42 Å². The first-order chi connectivity index (χ1) is 10.6. The van der Waals surface area contributed by atoms with E-state index >= 15 is 0 Å². The number of benzene rings is 1. The fourth-order valence-corrected chi connectivity index (χ4v) is 3.52. The van der Waals surface area contributed by atoms with Gasteiger partial charge in [0.05, 0.1) is 10.4 Å². The topological polar surface area (TPSA) is 87.7 Å². The second kappa shape index (κ2) is 5.76. The van der Waals surface area contributed by atoms with Crippen LogP contribution in [0, 0.1) is 0 Å². The van der Waals surface area contributed by atoms with Crippen LogP contribution in [0.25, 0.3) is 10.9 Å². The number of aromatic nitrogens is 3. The number of sulfonamides is 1. The van der Waals surface area contributed by atoms with Crippen molar-refractivity contribution in [1.29, 1.82) is 0 Å². The van der Waals surface area contributed by atoms with Crippen LogP contribution in [0.4, 0.5) is 5.82 Å². The summed E-state index contributed by atoms with van der Waals surface area (Å²) in [6.45, 7) is 2.05. The van der Waals surface area contributed by atoms with Crippen molar-refractivity contribution in [3.8, 4) is 0 Å². The maximum absolute atomic E-state index is 12.6. The Kier molecular flexibility index (Phi) is 3.81. The lowest BCUT2D eigenvalue weighted by atomic mass is 10.2. The van der Waals surface area contributed by atoms with Crippen LogP contribution < -0.4 is 4.72 Å². The predicted molar refractivity (Wildman–Crippen MR) is 85.1 cm³/mol. The van der Waals surface area contributed by atoms with Crippen molar-refractivity contribution in [2.75, 3.05) is 4.72 Å². The number of pyridine rings is 1. The van der Waals surface area contributed by atoms with E-state index in [0.717, 1.165) is 18.5 Å². The van der Waals surface area contributed by atoms with Crippen molar-refractivity contribution in [3.63, 3.8) is 0 Å². The highest BCUT2D eigenvalue weighted by atomic mass is 32.2. The molecule has 2 N–H and O–H groups in total. The molecule has 3 rings (SSSR count). The van der Waals surface area contributed by atoms with Crippen LogP contribution in [-0.4, -0.2) is 23.6 Å². The van der Waals surface area contributed by atoms with Gasteiger partial charge >= 0.3 is 0 Å². The summed E-state index contributed by atoms with van der Waals surface area (Å²) in [6, 6.07) is 10.2. The molecule has 0 saturated carbocycles. The molecule has 0 aliphatic heterocycles. The molecule has 1 aromatic carbocycles. The van der Waals surface area contributed by atoms with Crippen molar-refractivity contribution < 1.29 is 8.42 Å². The quantitative estimate of drug-likeness (QED) is 0.757. The molecule has 0 saturated heterocycles. The summed E-state index contributed by atoms with van der Waals surface area (Å²) in [5.41, 5.74) is 1.54. The lowest BCUT2D eigenvalue weighted by molar-refractivity contribution is 0.602. The van der Waals surface area contributed by atoms with Gasteiger partial charge in [0.2, 0.25) is 0 Å². The number of anilines is 1. The van der Waals surface area contributed by atoms with E-state index in [0.29, 0.717) is 16.7 Å². The van der Waals surface area contributed by atoms with Gasteiger partial charge in [0, 0.05) is 23.3 Å². The molecule has 0 amide bonds. The molecular formula is C15H16N4O2S. The molecule has 0 radical (unpaired) electrons. The number of rotatable bonds is 5. The first-order valence-electron chi connectivity index (χ1n) is 7.01. The first-order valence-corrected chi connectivity index (χ1v) is 8.49. The minimum Gasteiger partial charge on any atom is -0.280 e. The molecule has 3 aromatic rings. The van der Waals surface area contributed by atoms with Crippen molar-refractivity contribution >= 4 is 26.7 Å². The van der Waals surface area contributed by atoms with Gasteiger partial charge in [0.1, 0.15) is 0 Å². The molecule has 0 bridgehead atoms. The highest BCUT2D eigenvalue weighted by molar-refractivity contribution is 7.93. The Bertz CT molecular complexity index is 897. The van der Waals surface area contributed by atoms with Gasteiger partial charge in [-0.05, 0) is 30.7 Å². The van der Waals surface area contributed by atoms with Crippen LogP contribution in [-0.2, 0) is 16.4 Å². The zero-order valence-corrected chi connectivity index (χ0v) is 12.9. The fraction of sp³-hybridized carbons (Fsp3) is 0.200. The molecule has 0 fully saturated rings. The molecule has 0 unspecified atom stereocenters. The van der Waals surface area contributed by atoms with E-state index in [9.17, 15) is 8.42 Å². The Labute approximate surface area is 128 Å². The molecule has 0 aliphatic carbocycles. The third kappa shape index (κ3) is 2.80. The average Bonchev–Trinajstić information content (AvgIpc) is 2.93. The van der Waals surface area contributed by atoms with Gasteiger partial charge in [-0.3, -0.25) is 14.8 Å². The SMILES string of the molecule is CCCc1cc(NS(=O)(=O)c2cccc3ncccc23)n[nH]1. The van der Waals surface area contributed by atoms with Crippen LogP contribution in [0.15, 0.2) is 47.5 Å². The van der Waals surface area contributed by atoms with Gasteiger partial charge in [0.25, 0.3) is 10.0 Å². The summed E-state index contributed by atoms with van der Waals surface area (Å²) in [5.74, 6) is 0.296. The maximum Gasteiger partial charge on any atom is 0.263 e. The van der Waals surface area contributed by atoms with E-state index in [1.807, 2.05) is 6.92 Å². The number of aromatic amines is 1. The van der Waals surface area contributed by atoms with Crippen LogP contribution in [0.3, 0.4) is 0 Å². The van der Waals surface area contributed by atoms with Crippen molar-refractivity contribution in [2.45, 2.75) is 24.7 Å². The second-order valence-electron chi connectivity index (χ2n) is 4.96. The highest BCUT2D eigenvalue weighted by Crippen LogP contribution is 2.23. The van der Waals surface area contributed by atoms with Gasteiger partial charge in [-0.15, -0.1) is 0 Å². The van der Waals surface area contributed by atoms with E-state index in [4.69, 9.17) is 0 Å². The lowest BCUT2D eigenvalue weighted by Crippen LogP contribution is -2.13. The number of nitrogens with zero attached hydrogens (tertiary/aromatic N) is 2. The van der Waals surface area contributed by atoms with E-state index in [1.54, 1.807) is 42.6 Å². The largest absolute Gasteiger partial charge is 0.280 e. The van der Waals surface area contributed by atoms with Crippen molar-refractivity contribution in [1.82, 2.24) is 15.2 Å². The highest BCUT2D eigenvalue weighted by Gasteiger charge is 2.18. The van der Waals surface area contributed by atoms with Crippen LogP contribution in [0.2, 0.25) is 0 Å². The fourth-order valence-electron chi connectivity index (χ4n) is 2.31. The van der Waals surface area contributed by atoms with E-state index in [1.165, 1.54) is 0 Å². The van der Waals surface area contributed by atoms with Crippen LogP contribution in [0.5, 0.6) is 0 Å². The molecule has 2 heterocycles.